The van der Waals surface area contributed by atoms with E-state index in [0.717, 1.165) is 31.8 Å². The van der Waals surface area contributed by atoms with E-state index in [4.69, 9.17) is 11.6 Å². The summed E-state index contributed by atoms with van der Waals surface area (Å²) in [6, 6.07) is 0. The third kappa shape index (κ3) is 1.78. The van der Waals surface area contributed by atoms with E-state index in [1.165, 1.54) is 0 Å². The predicted octanol–water partition coefficient (Wildman–Crippen LogP) is -0.560. The molecule has 6 heteroatoms. The summed E-state index contributed by atoms with van der Waals surface area (Å²) in [6.45, 7) is 1.82. The van der Waals surface area contributed by atoms with E-state index in [2.05, 4.69) is 15.2 Å². The standard InChI is InChI=1S/C7H14N6/c8-7-10-6(11-12-7)5-1-3-13(9)4-2-5/h5H,1-4,9H2,(H3,8,10,11,12). The SMILES string of the molecule is Nc1n[nH]c(C2CCN(N)CC2)n1. The summed E-state index contributed by atoms with van der Waals surface area (Å²) < 4.78 is 0. The lowest BCUT2D eigenvalue weighted by Gasteiger charge is -2.26. The Labute approximate surface area is 76.3 Å². The van der Waals surface area contributed by atoms with Gasteiger partial charge in [0.15, 0.2) is 0 Å². The molecule has 0 aliphatic carbocycles. The first-order chi connectivity index (χ1) is 6.25. The zero-order valence-electron chi connectivity index (χ0n) is 7.40. The van der Waals surface area contributed by atoms with Crippen molar-refractivity contribution in [3.8, 4) is 0 Å². The number of hydrogen-bond donors (Lipinski definition) is 3. The van der Waals surface area contributed by atoms with Gasteiger partial charge in [-0.25, -0.2) is 5.01 Å². The van der Waals surface area contributed by atoms with Gasteiger partial charge in [0.1, 0.15) is 5.82 Å². The Morgan fingerprint density at radius 3 is 2.62 bits per heavy atom. The molecule has 5 N–H and O–H groups in total. The van der Waals surface area contributed by atoms with Gasteiger partial charge < -0.3 is 5.73 Å². The number of nitrogens with two attached hydrogens (primary N) is 2. The quantitative estimate of drug-likeness (QED) is 0.506. The molecule has 0 amide bonds. The van der Waals surface area contributed by atoms with E-state index in [-0.39, 0.29) is 0 Å². The molecule has 1 fully saturated rings. The highest BCUT2D eigenvalue weighted by Gasteiger charge is 2.21. The van der Waals surface area contributed by atoms with Crippen molar-refractivity contribution in [3.63, 3.8) is 0 Å². The molecule has 72 valence electrons. The summed E-state index contributed by atoms with van der Waals surface area (Å²) in [7, 11) is 0. The van der Waals surface area contributed by atoms with Crippen molar-refractivity contribution in [2.75, 3.05) is 18.8 Å². The summed E-state index contributed by atoms with van der Waals surface area (Å²) >= 11 is 0. The normalized spacial score (nSPS) is 20.7. The predicted molar refractivity (Wildman–Crippen MR) is 48.5 cm³/mol. The molecule has 1 aromatic rings. The van der Waals surface area contributed by atoms with Crippen LogP contribution >= 0.6 is 0 Å². The van der Waals surface area contributed by atoms with Gasteiger partial charge in [-0.2, -0.15) is 4.98 Å². The van der Waals surface area contributed by atoms with Gasteiger partial charge in [0, 0.05) is 19.0 Å². The molecule has 6 nitrogen and oxygen atoms in total. The minimum Gasteiger partial charge on any atom is -0.367 e. The van der Waals surface area contributed by atoms with Crippen molar-refractivity contribution < 1.29 is 0 Å². The molecule has 0 bridgehead atoms. The fourth-order valence-electron chi connectivity index (χ4n) is 1.64. The molecule has 0 unspecified atom stereocenters. The third-order valence-corrected chi connectivity index (χ3v) is 2.44. The molecule has 1 aliphatic rings. The van der Waals surface area contributed by atoms with Crippen LogP contribution in [0.3, 0.4) is 0 Å². The van der Waals surface area contributed by atoms with Crippen LogP contribution in [0.5, 0.6) is 0 Å². The number of anilines is 1. The largest absolute Gasteiger partial charge is 0.367 e. The van der Waals surface area contributed by atoms with Gasteiger partial charge >= 0.3 is 0 Å². The van der Waals surface area contributed by atoms with E-state index in [0.29, 0.717) is 11.9 Å². The molecule has 0 atom stereocenters. The van der Waals surface area contributed by atoms with Gasteiger partial charge in [-0.1, -0.05) is 0 Å². The van der Waals surface area contributed by atoms with E-state index in [1.807, 2.05) is 5.01 Å². The van der Waals surface area contributed by atoms with Crippen LogP contribution in [0.2, 0.25) is 0 Å². The van der Waals surface area contributed by atoms with Crippen LogP contribution in [0.1, 0.15) is 24.6 Å². The molecular weight excluding hydrogens is 168 g/mol. The van der Waals surface area contributed by atoms with Crippen molar-refractivity contribution in [1.82, 2.24) is 20.2 Å². The number of nitrogen functional groups attached to an aromatic ring is 1. The highest BCUT2D eigenvalue weighted by atomic mass is 15.4. The lowest BCUT2D eigenvalue weighted by atomic mass is 9.97. The topological polar surface area (TPSA) is 96.8 Å². The molecule has 13 heavy (non-hydrogen) atoms. The molecule has 1 aromatic heterocycles. The average Bonchev–Trinajstić information content (AvgIpc) is 2.53. The summed E-state index contributed by atoms with van der Waals surface area (Å²) in [5, 5.41) is 8.48. The number of piperidine rings is 1. The number of rotatable bonds is 1. The molecule has 0 spiro atoms. The van der Waals surface area contributed by atoms with Crippen LogP contribution < -0.4 is 11.6 Å². The van der Waals surface area contributed by atoms with Crippen molar-refractivity contribution in [3.05, 3.63) is 5.82 Å². The maximum atomic E-state index is 5.64. The van der Waals surface area contributed by atoms with Crippen molar-refractivity contribution >= 4 is 5.95 Å². The Kier molecular flexibility index (Phi) is 2.15. The van der Waals surface area contributed by atoms with Gasteiger partial charge in [0.05, 0.1) is 0 Å². The first-order valence-electron chi connectivity index (χ1n) is 4.43. The minimum absolute atomic E-state index is 0.324. The van der Waals surface area contributed by atoms with Crippen molar-refractivity contribution in [2.24, 2.45) is 5.84 Å². The molecule has 1 saturated heterocycles. The zero-order valence-corrected chi connectivity index (χ0v) is 7.40. The number of aromatic nitrogens is 3. The summed E-state index contributed by atoms with van der Waals surface area (Å²) in [4.78, 5) is 4.11. The van der Waals surface area contributed by atoms with Gasteiger partial charge in [-0.15, -0.1) is 5.10 Å². The Morgan fingerprint density at radius 2 is 2.08 bits per heavy atom. The van der Waals surface area contributed by atoms with E-state index in [9.17, 15) is 0 Å². The smallest absolute Gasteiger partial charge is 0.239 e. The average molecular weight is 182 g/mol. The van der Waals surface area contributed by atoms with Crippen LogP contribution in [0, 0.1) is 0 Å². The molecule has 0 radical (unpaired) electrons. The third-order valence-electron chi connectivity index (χ3n) is 2.44. The number of hydrogen-bond acceptors (Lipinski definition) is 5. The van der Waals surface area contributed by atoms with Crippen LogP contribution in [0.25, 0.3) is 0 Å². The number of nitrogens with one attached hydrogen (secondary N) is 1. The van der Waals surface area contributed by atoms with Crippen molar-refractivity contribution in [1.29, 1.82) is 0 Å². The lowest BCUT2D eigenvalue weighted by Crippen LogP contribution is -2.38. The number of H-pyrrole nitrogens is 1. The Bertz CT molecular complexity index is 274. The molecule has 0 saturated carbocycles. The highest BCUT2D eigenvalue weighted by molar-refractivity contribution is 5.14. The maximum absolute atomic E-state index is 5.64. The zero-order chi connectivity index (χ0) is 9.26. The molecule has 2 rings (SSSR count). The second-order valence-corrected chi connectivity index (χ2v) is 3.39. The van der Waals surface area contributed by atoms with Crippen LogP contribution in [-0.4, -0.2) is 33.3 Å². The summed E-state index contributed by atoms with van der Waals surface area (Å²) in [5.41, 5.74) is 5.42. The number of hydrazine groups is 1. The second kappa shape index (κ2) is 3.31. The Hall–Kier alpha value is -1.14. The fraction of sp³-hybridized carbons (Fsp3) is 0.714. The first-order valence-corrected chi connectivity index (χ1v) is 4.43. The maximum Gasteiger partial charge on any atom is 0.239 e. The lowest BCUT2D eigenvalue weighted by molar-refractivity contribution is 0.214. The minimum atomic E-state index is 0.324. The number of aromatic amines is 1. The summed E-state index contributed by atoms with van der Waals surface area (Å²) in [5.74, 6) is 7.30. The number of nitrogens with zero attached hydrogens (tertiary/aromatic N) is 3. The van der Waals surface area contributed by atoms with E-state index < -0.39 is 0 Å². The Morgan fingerprint density at radius 1 is 1.38 bits per heavy atom. The monoisotopic (exact) mass is 182 g/mol. The second-order valence-electron chi connectivity index (χ2n) is 3.39. The van der Waals surface area contributed by atoms with Gasteiger partial charge in [0.25, 0.3) is 0 Å². The Balaban J connectivity index is 2.02. The van der Waals surface area contributed by atoms with Crippen LogP contribution in [0.4, 0.5) is 5.95 Å². The molecule has 2 heterocycles. The van der Waals surface area contributed by atoms with E-state index >= 15 is 0 Å². The van der Waals surface area contributed by atoms with Gasteiger partial charge in [-0.3, -0.25) is 10.9 Å². The molecular formula is C7H14N6. The van der Waals surface area contributed by atoms with Crippen LogP contribution in [-0.2, 0) is 0 Å². The fourth-order valence-corrected chi connectivity index (χ4v) is 1.64. The van der Waals surface area contributed by atoms with E-state index in [1.54, 1.807) is 0 Å². The van der Waals surface area contributed by atoms with Gasteiger partial charge in [-0.05, 0) is 12.8 Å². The van der Waals surface area contributed by atoms with Gasteiger partial charge in [0.2, 0.25) is 5.95 Å². The van der Waals surface area contributed by atoms with Crippen LogP contribution in [0.15, 0.2) is 0 Å². The first kappa shape index (κ1) is 8.46. The molecule has 1 aliphatic heterocycles. The molecule has 0 aromatic carbocycles. The van der Waals surface area contributed by atoms with Crippen molar-refractivity contribution in [2.45, 2.75) is 18.8 Å². The highest BCUT2D eigenvalue weighted by Crippen LogP contribution is 2.23. The summed E-state index contributed by atoms with van der Waals surface area (Å²) in [6.07, 6.45) is 2.04.